The van der Waals surface area contributed by atoms with E-state index in [-0.39, 0.29) is 30.4 Å². The molecule has 0 N–H and O–H groups in total. The molecule has 5 nitrogen and oxygen atoms in total. The first kappa shape index (κ1) is 15.4. The van der Waals surface area contributed by atoms with E-state index >= 15 is 0 Å². The molecule has 0 saturated carbocycles. The number of imide groups is 1. The van der Waals surface area contributed by atoms with Gasteiger partial charge < -0.3 is 4.74 Å². The van der Waals surface area contributed by atoms with Gasteiger partial charge in [-0.3, -0.25) is 9.59 Å². The van der Waals surface area contributed by atoms with Crippen molar-refractivity contribution in [3.8, 4) is 5.75 Å². The number of hydrogen-bond donors (Lipinski definition) is 0. The minimum absolute atomic E-state index is 0.174. The Balaban J connectivity index is 1.89. The lowest BCUT2D eigenvalue weighted by Crippen LogP contribution is -2.29. The summed E-state index contributed by atoms with van der Waals surface area (Å²) in [6.07, 6.45) is 0.349. The monoisotopic (exact) mass is 373 g/mol. The molecule has 1 aliphatic rings. The molecular formula is C17H12BrNO4. The van der Waals surface area contributed by atoms with E-state index in [2.05, 4.69) is 15.9 Å². The van der Waals surface area contributed by atoms with Crippen molar-refractivity contribution in [1.29, 1.82) is 0 Å². The van der Waals surface area contributed by atoms with Crippen LogP contribution in [0.2, 0.25) is 0 Å². The fourth-order valence-corrected chi connectivity index (χ4v) is 2.58. The Hall–Kier alpha value is -2.47. The number of rotatable bonds is 3. The van der Waals surface area contributed by atoms with Crippen LogP contribution in [0.4, 0.5) is 5.69 Å². The highest BCUT2D eigenvalue weighted by Gasteiger charge is 2.32. The van der Waals surface area contributed by atoms with Gasteiger partial charge in [0.1, 0.15) is 0 Å². The summed E-state index contributed by atoms with van der Waals surface area (Å²) < 4.78 is 6.23. The lowest BCUT2D eigenvalue weighted by Gasteiger charge is -2.17. The third kappa shape index (κ3) is 3.17. The number of amides is 2. The summed E-state index contributed by atoms with van der Waals surface area (Å²) >= 11 is 3.30. The van der Waals surface area contributed by atoms with E-state index < -0.39 is 5.97 Å². The topological polar surface area (TPSA) is 63.7 Å². The minimum Gasteiger partial charge on any atom is -0.421 e. The van der Waals surface area contributed by atoms with Crippen molar-refractivity contribution < 1.29 is 19.1 Å². The molecule has 1 saturated heterocycles. The van der Waals surface area contributed by atoms with E-state index in [9.17, 15) is 14.4 Å². The predicted octanol–water partition coefficient (Wildman–Crippen LogP) is 3.32. The van der Waals surface area contributed by atoms with Crippen molar-refractivity contribution in [2.45, 2.75) is 12.8 Å². The van der Waals surface area contributed by atoms with Gasteiger partial charge in [-0.15, -0.1) is 0 Å². The average molecular weight is 374 g/mol. The number of ether oxygens (including phenoxy) is 1. The molecule has 0 bridgehead atoms. The van der Waals surface area contributed by atoms with Crippen LogP contribution >= 0.6 is 15.9 Å². The van der Waals surface area contributed by atoms with Gasteiger partial charge in [-0.05, 0) is 36.4 Å². The number of esters is 1. The van der Waals surface area contributed by atoms with Crippen molar-refractivity contribution in [3.05, 3.63) is 58.6 Å². The van der Waals surface area contributed by atoms with Crippen LogP contribution in [0.1, 0.15) is 23.2 Å². The number of para-hydroxylation sites is 2. The molecular weight excluding hydrogens is 362 g/mol. The van der Waals surface area contributed by atoms with Crippen LogP contribution in [0.5, 0.6) is 5.75 Å². The van der Waals surface area contributed by atoms with Gasteiger partial charge >= 0.3 is 5.97 Å². The van der Waals surface area contributed by atoms with Crippen molar-refractivity contribution in [2.24, 2.45) is 0 Å². The molecule has 0 atom stereocenters. The van der Waals surface area contributed by atoms with Crippen molar-refractivity contribution in [1.82, 2.24) is 0 Å². The largest absolute Gasteiger partial charge is 0.421 e. The lowest BCUT2D eigenvalue weighted by atomic mass is 10.2. The summed E-state index contributed by atoms with van der Waals surface area (Å²) in [6, 6.07) is 13.2. The van der Waals surface area contributed by atoms with E-state index in [1.807, 2.05) is 0 Å². The SMILES string of the molecule is O=C(Oc1ccccc1N1C(=O)CCC1=O)c1ccc(Br)cc1. The van der Waals surface area contributed by atoms with E-state index in [0.29, 0.717) is 11.3 Å². The average Bonchev–Trinajstić information content (AvgIpc) is 2.87. The summed E-state index contributed by atoms with van der Waals surface area (Å²) in [5.41, 5.74) is 0.674. The number of halogens is 1. The van der Waals surface area contributed by atoms with Crippen molar-refractivity contribution >= 4 is 39.4 Å². The van der Waals surface area contributed by atoms with Gasteiger partial charge in [0.2, 0.25) is 11.8 Å². The number of hydrogen-bond acceptors (Lipinski definition) is 4. The van der Waals surface area contributed by atoms with E-state index in [1.54, 1.807) is 48.5 Å². The van der Waals surface area contributed by atoms with Crippen LogP contribution in [-0.4, -0.2) is 17.8 Å². The maximum atomic E-state index is 12.2. The van der Waals surface area contributed by atoms with E-state index in [0.717, 1.165) is 9.37 Å². The summed E-state index contributed by atoms with van der Waals surface area (Å²) in [6.45, 7) is 0. The Morgan fingerprint density at radius 2 is 1.57 bits per heavy atom. The fraction of sp³-hybridized carbons (Fsp3) is 0.118. The Labute approximate surface area is 141 Å². The zero-order valence-electron chi connectivity index (χ0n) is 12.0. The normalized spacial score (nSPS) is 14.2. The van der Waals surface area contributed by atoms with Crippen LogP contribution in [0.3, 0.4) is 0 Å². The summed E-state index contributed by atoms with van der Waals surface area (Å²) in [7, 11) is 0. The van der Waals surface area contributed by atoms with Gasteiger partial charge in [-0.25, -0.2) is 9.69 Å². The number of carbonyl (C=O) groups excluding carboxylic acids is 3. The number of anilines is 1. The third-order valence-electron chi connectivity index (χ3n) is 3.44. The van der Waals surface area contributed by atoms with Crippen LogP contribution in [0, 0.1) is 0 Å². The molecule has 1 aliphatic heterocycles. The van der Waals surface area contributed by atoms with Crippen molar-refractivity contribution in [2.75, 3.05) is 4.90 Å². The van der Waals surface area contributed by atoms with E-state index in [4.69, 9.17) is 4.74 Å². The molecule has 6 heteroatoms. The third-order valence-corrected chi connectivity index (χ3v) is 3.97. The predicted molar refractivity (Wildman–Crippen MR) is 87.3 cm³/mol. The molecule has 1 fully saturated rings. The first-order chi connectivity index (χ1) is 11.1. The highest BCUT2D eigenvalue weighted by Crippen LogP contribution is 2.32. The highest BCUT2D eigenvalue weighted by atomic mass is 79.9. The van der Waals surface area contributed by atoms with Crippen LogP contribution in [-0.2, 0) is 9.59 Å². The second-order valence-corrected chi connectivity index (χ2v) is 5.90. The molecule has 116 valence electrons. The summed E-state index contributed by atoms with van der Waals surface area (Å²) in [5.74, 6) is -0.947. The maximum absolute atomic E-state index is 12.2. The molecule has 0 unspecified atom stereocenters. The van der Waals surface area contributed by atoms with Gasteiger partial charge in [0.25, 0.3) is 0 Å². The maximum Gasteiger partial charge on any atom is 0.343 e. The molecule has 23 heavy (non-hydrogen) atoms. The molecule has 2 amide bonds. The molecule has 2 aromatic rings. The molecule has 1 heterocycles. The van der Waals surface area contributed by atoms with Crippen LogP contribution in [0.25, 0.3) is 0 Å². The second-order valence-electron chi connectivity index (χ2n) is 4.99. The first-order valence-corrected chi connectivity index (χ1v) is 7.78. The Bertz CT molecular complexity index is 769. The zero-order valence-corrected chi connectivity index (χ0v) is 13.6. The first-order valence-electron chi connectivity index (χ1n) is 6.99. The standard InChI is InChI=1S/C17H12BrNO4/c18-12-7-5-11(6-8-12)17(22)23-14-4-2-1-3-13(14)19-15(20)9-10-16(19)21/h1-8H,9-10H2. The van der Waals surface area contributed by atoms with Crippen LogP contribution < -0.4 is 9.64 Å². The van der Waals surface area contributed by atoms with Gasteiger partial charge in [0, 0.05) is 17.3 Å². The summed E-state index contributed by atoms with van der Waals surface area (Å²) in [4.78, 5) is 37.1. The number of benzene rings is 2. The van der Waals surface area contributed by atoms with Crippen LogP contribution in [0.15, 0.2) is 53.0 Å². The molecule has 0 aliphatic carbocycles. The number of nitrogens with zero attached hydrogens (tertiary/aromatic N) is 1. The second kappa shape index (κ2) is 6.34. The van der Waals surface area contributed by atoms with E-state index in [1.165, 1.54) is 0 Å². The Morgan fingerprint density at radius 1 is 0.957 bits per heavy atom. The van der Waals surface area contributed by atoms with Gasteiger partial charge in [-0.1, -0.05) is 28.1 Å². The quantitative estimate of drug-likeness (QED) is 0.470. The molecule has 3 rings (SSSR count). The smallest absolute Gasteiger partial charge is 0.343 e. The molecule has 0 spiro atoms. The van der Waals surface area contributed by atoms with Crippen molar-refractivity contribution in [3.63, 3.8) is 0 Å². The van der Waals surface area contributed by atoms with Gasteiger partial charge in [0.05, 0.1) is 11.3 Å². The molecule has 2 aromatic carbocycles. The fourth-order valence-electron chi connectivity index (χ4n) is 2.32. The van der Waals surface area contributed by atoms with Gasteiger partial charge in [0.15, 0.2) is 5.75 Å². The van der Waals surface area contributed by atoms with Gasteiger partial charge in [-0.2, -0.15) is 0 Å². The lowest BCUT2D eigenvalue weighted by molar-refractivity contribution is -0.121. The highest BCUT2D eigenvalue weighted by molar-refractivity contribution is 9.10. The zero-order chi connectivity index (χ0) is 16.4. The minimum atomic E-state index is -0.552. The molecule has 0 radical (unpaired) electrons. The summed E-state index contributed by atoms with van der Waals surface area (Å²) in [5, 5.41) is 0. The Kier molecular flexibility index (Phi) is 4.25. The number of carbonyl (C=O) groups is 3. The molecule has 0 aromatic heterocycles. The Morgan fingerprint density at radius 3 is 2.22 bits per heavy atom.